The zero-order valence-electron chi connectivity index (χ0n) is 5.72. The Bertz CT molecular complexity index is 106. The summed E-state index contributed by atoms with van der Waals surface area (Å²) >= 11 is 0. The Morgan fingerprint density at radius 2 is 1.62 bits per heavy atom. The molecule has 1 saturated carbocycles. The van der Waals surface area contributed by atoms with Gasteiger partial charge in [0.05, 0.1) is 27.2 Å². The monoisotopic (exact) mass is 112 g/mol. The van der Waals surface area contributed by atoms with Gasteiger partial charge < -0.3 is 4.48 Å². The van der Waals surface area contributed by atoms with Crippen LogP contribution >= 0.6 is 0 Å². The van der Waals surface area contributed by atoms with Crippen molar-refractivity contribution in [3.05, 3.63) is 0 Å². The zero-order valence-corrected chi connectivity index (χ0v) is 5.72. The van der Waals surface area contributed by atoms with E-state index < -0.39 is 0 Å². The fourth-order valence-corrected chi connectivity index (χ4v) is 2.10. The van der Waals surface area contributed by atoms with Gasteiger partial charge in [0, 0.05) is 11.8 Å². The van der Waals surface area contributed by atoms with Gasteiger partial charge in [-0.3, -0.25) is 0 Å². The van der Waals surface area contributed by atoms with E-state index in [0.717, 1.165) is 11.8 Å². The quantitative estimate of drug-likeness (QED) is 0.405. The zero-order chi connectivity index (χ0) is 5.78. The summed E-state index contributed by atoms with van der Waals surface area (Å²) in [5, 5.41) is 0. The van der Waals surface area contributed by atoms with Crippen molar-refractivity contribution in [2.45, 2.75) is 6.42 Å². The molecule has 0 N–H and O–H groups in total. The average molecular weight is 112 g/mol. The van der Waals surface area contributed by atoms with E-state index in [2.05, 4.69) is 14.1 Å². The van der Waals surface area contributed by atoms with Crippen LogP contribution in [0.3, 0.4) is 0 Å². The van der Waals surface area contributed by atoms with E-state index in [1.54, 1.807) is 6.42 Å². The summed E-state index contributed by atoms with van der Waals surface area (Å²) in [7, 11) is 4.68. The SMILES string of the molecule is C[N+]1(C)CC2CC2C1. The lowest BCUT2D eigenvalue weighted by atomic mass is 10.4. The van der Waals surface area contributed by atoms with Crippen LogP contribution in [0.4, 0.5) is 0 Å². The first-order valence-electron chi connectivity index (χ1n) is 3.49. The first-order valence-corrected chi connectivity index (χ1v) is 3.49. The third-order valence-corrected chi connectivity index (χ3v) is 2.53. The van der Waals surface area contributed by atoms with Crippen molar-refractivity contribution in [3.8, 4) is 0 Å². The smallest absolute Gasteiger partial charge is 0.0816 e. The van der Waals surface area contributed by atoms with Crippen LogP contribution in [0, 0.1) is 11.8 Å². The largest absolute Gasteiger partial charge is 0.328 e. The van der Waals surface area contributed by atoms with Crippen LogP contribution in [-0.4, -0.2) is 31.7 Å². The Balaban J connectivity index is 2.08. The summed E-state index contributed by atoms with van der Waals surface area (Å²) in [4.78, 5) is 0. The second kappa shape index (κ2) is 1.10. The summed E-state index contributed by atoms with van der Waals surface area (Å²) in [5.74, 6) is 2.26. The number of quaternary nitrogens is 1. The summed E-state index contributed by atoms with van der Waals surface area (Å²) in [6, 6.07) is 0. The number of fused-ring (bicyclic) bond motifs is 1. The molecule has 0 amide bonds. The molecule has 2 fully saturated rings. The van der Waals surface area contributed by atoms with Crippen molar-refractivity contribution in [1.82, 2.24) is 0 Å². The molecule has 1 heteroatoms. The minimum absolute atomic E-state index is 1.13. The van der Waals surface area contributed by atoms with Gasteiger partial charge in [0.25, 0.3) is 0 Å². The van der Waals surface area contributed by atoms with Crippen LogP contribution in [-0.2, 0) is 0 Å². The molecule has 1 saturated heterocycles. The van der Waals surface area contributed by atoms with Crippen molar-refractivity contribution in [3.63, 3.8) is 0 Å². The molecule has 2 aliphatic rings. The molecule has 0 aromatic heterocycles. The van der Waals surface area contributed by atoms with E-state index in [1.807, 2.05) is 0 Å². The molecular weight excluding hydrogens is 98.1 g/mol. The molecule has 0 aromatic carbocycles. The second-order valence-electron chi connectivity index (χ2n) is 4.06. The van der Waals surface area contributed by atoms with E-state index in [9.17, 15) is 0 Å². The summed E-state index contributed by atoms with van der Waals surface area (Å²) in [6.45, 7) is 2.90. The van der Waals surface area contributed by atoms with Crippen molar-refractivity contribution >= 4 is 0 Å². The molecule has 0 bridgehead atoms. The number of rotatable bonds is 0. The molecule has 0 aromatic rings. The topological polar surface area (TPSA) is 0 Å². The Labute approximate surface area is 50.9 Å². The van der Waals surface area contributed by atoms with Gasteiger partial charge in [-0.05, 0) is 6.42 Å². The predicted molar refractivity (Wildman–Crippen MR) is 33.4 cm³/mol. The summed E-state index contributed by atoms with van der Waals surface area (Å²) in [5.41, 5.74) is 0. The molecule has 0 spiro atoms. The molecule has 1 nitrogen and oxygen atoms in total. The lowest BCUT2D eigenvalue weighted by Gasteiger charge is -2.24. The third kappa shape index (κ3) is 0.576. The molecule has 2 atom stereocenters. The highest BCUT2D eigenvalue weighted by molar-refractivity contribution is 4.90. The summed E-state index contributed by atoms with van der Waals surface area (Å²) < 4.78 is 1.29. The highest BCUT2D eigenvalue weighted by atomic mass is 15.3. The minimum atomic E-state index is 1.13. The van der Waals surface area contributed by atoms with Gasteiger partial charge in [0.2, 0.25) is 0 Å². The Kier molecular flexibility index (Phi) is 0.663. The van der Waals surface area contributed by atoms with Gasteiger partial charge in [0.1, 0.15) is 0 Å². The number of nitrogens with zero attached hydrogens (tertiary/aromatic N) is 1. The predicted octanol–water partition coefficient (Wildman–Crippen LogP) is 0.712. The van der Waals surface area contributed by atoms with Crippen LogP contribution in [0.1, 0.15) is 6.42 Å². The molecule has 46 valence electrons. The number of likely N-dealkylation sites (tertiary alicyclic amines) is 1. The average Bonchev–Trinajstić information content (AvgIpc) is 2.11. The van der Waals surface area contributed by atoms with Gasteiger partial charge in [0.15, 0.2) is 0 Å². The Morgan fingerprint density at radius 1 is 1.12 bits per heavy atom. The standard InChI is InChI=1S/C7H14N/c1-8(2)4-6-3-7(6)5-8/h6-7H,3-5H2,1-2H3/q+1. The normalized spacial score (nSPS) is 48.8. The lowest BCUT2D eigenvalue weighted by Crippen LogP contribution is -2.38. The highest BCUT2D eigenvalue weighted by Crippen LogP contribution is 2.46. The molecule has 1 heterocycles. The molecule has 8 heavy (non-hydrogen) atoms. The first-order chi connectivity index (χ1) is 3.67. The number of piperidine rings is 1. The van der Waals surface area contributed by atoms with Crippen molar-refractivity contribution < 1.29 is 4.48 Å². The van der Waals surface area contributed by atoms with Gasteiger partial charge in [-0.2, -0.15) is 0 Å². The van der Waals surface area contributed by atoms with E-state index in [0.29, 0.717) is 0 Å². The fourth-order valence-electron chi connectivity index (χ4n) is 2.10. The van der Waals surface area contributed by atoms with Crippen molar-refractivity contribution in [2.24, 2.45) is 11.8 Å². The van der Waals surface area contributed by atoms with Crippen LogP contribution in [0.25, 0.3) is 0 Å². The number of hydrogen-bond acceptors (Lipinski definition) is 0. The van der Waals surface area contributed by atoms with Gasteiger partial charge >= 0.3 is 0 Å². The second-order valence-corrected chi connectivity index (χ2v) is 4.06. The van der Waals surface area contributed by atoms with Crippen LogP contribution in [0.15, 0.2) is 0 Å². The van der Waals surface area contributed by atoms with Crippen molar-refractivity contribution in [1.29, 1.82) is 0 Å². The third-order valence-electron chi connectivity index (χ3n) is 2.53. The summed E-state index contributed by atoms with van der Waals surface area (Å²) in [6.07, 6.45) is 1.54. The van der Waals surface area contributed by atoms with Crippen LogP contribution in [0.2, 0.25) is 0 Å². The molecule has 2 rings (SSSR count). The van der Waals surface area contributed by atoms with Gasteiger partial charge in [-0.15, -0.1) is 0 Å². The maximum absolute atomic E-state index is 2.34. The van der Waals surface area contributed by atoms with E-state index in [4.69, 9.17) is 0 Å². The van der Waals surface area contributed by atoms with Crippen LogP contribution in [0.5, 0.6) is 0 Å². The number of hydrogen-bond donors (Lipinski definition) is 0. The van der Waals surface area contributed by atoms with Crippen molar-refractivity contribution in [2.75, 3.05) is 27.2 Å². The first kappa shape index (κ1) is 4.80. The van der Waals surface area contributed by atoms with E-state index in [-0.39, 0.29) is 0 Å². The maximum Gasteiger partial charge on any atom is 0.0816 e. The molecule has 1 aliphatic heterocycles. The maximum atomic E-state index is 2.34. The molecule has 1 aliphatic carbocycles. The molecular formula is C7H14N+. The highest BCUT2D eigenvalue weighted by Gasteiger charge is 2.51. The van der Waals surface area contributed by atoms with Crippen LogP contribution < -0.4 is 0 Å². The Morgan fingerprint density at radius 3 is 1.88 bits per heavy atom. The molecule has 2 unspecified atom stereocenters. The molecule has 0 radical (unpaired) electrons. The minimum Gasteiger partial charge on any atom is -0.328 e. The fraction of sp³-hybridized carbons (Fsp3) is 1.00. The Hall–Kier alpha value is -0.0400. The van der Waals surface area contributed by atoms with E-state index in [1.165, 1.54) is 17.6 Å². The lowest BCUT2D eigenvalue weighted by molar-refractivity contribution is -0.883. The van der Waals surface area contributed by atoms with Gasteiger partial charge in [-0.25, -0.2) is 0 Å². The van der Waals surface area contributed by atoms with Gasteiger partial charge in [-0.1, -0.05) is 0 Å². The van der Waals surface area contributed by atoms with E-state index >= 15 is 0 Å².